The lowest BCUT2D eigenvalue weighted by Gasteiger charge is -2.22. The number of amides is 2. The molecule has 38 heavy (non-hydrogen) atoms. The number of rotatable bonds is 12. The summed E-state index contributed by atoms with van der Waals surface area (Å²) in [5.41, 5.74) is 2.32. The molecule has 3 aromatic carbocycles. The third-order valence-electron chi connectivity index (χ3n) is 6.00. The summed E-state index contributed by atoms with van der Waals surface area (Å²) < 4.78 is 10.9. The summed E-state index contributed by atoms with van der Waals surface area (Å²) in [5, 5.41) is 0.502. The number of ether oxygens (including phenoxy) is 2. The second-order valence-electron chi connectivity index (χ2n) is 8.72. The van der Waals surface area contributed by atoms with Crippen molar-refractivity contribution in [1.29, 1.82) is 0 Å². The standard InChI is InChI=1S/C30H33ClN2O5/c1-4-37-28(34)13-9-6-10-20-38-27-21-24(31)16-19-26(27)33(3)30(36)23-14-17-25(18-15-23)32(2)29(35)22-11-7-5-8-12-22/h5,7-8,11-12,14-19,21H,4,6,9-10,13,20H2,1-3H3. The van der Waals surface area contributed by atoms with Gasteiger partial charge < -0.3 is 19.3 Å². The molecular weight excluding hydrogens is 504 g/mol. The molecule has 3 rings (SSSR count). The maximum Gasteiger partial charge on any atom is 0.305 e. The molecule has 0 aliphatic rings. The average molecular weight is 537 g/mol. The Labute approximate surface area is 228 Å². The number of anilines is 2. The van der Waals surface area contributed by atoms with E-state index in [1.807, 2.05) is 18.2 Å². The van der Waals surface area contributed by atoms with Crippen LogP contribution in [0.2, 0.25) is 5.02 Å². The minimum Gasteiger partial charge on any atom is -0.491 e. The first-order valence-corrected chi connectivity index (χ1v) is 13.0. The molecule has 200 valence electrons. The highest BCUT2D eigenvalue weighted by Crippen LogP contribution is 2.32. The molecule has 0 spiro atoms. The molecule has 0 atom stereocenters. The number of benzene rings is 3. The molecule has 0 unspecified atom stereocenters. The lowest BCUT2D eigenvalue weighted by atomic mass is 10.1. The highest BCUT2D eigenvalue weighted by Gasteiger charge is 2.19. The Kier molecular flexibility index (Phi) is 10.7. The molecule has 0 saturated carbocycles. The van der Waals surface area contributed by atoms with Crippen molar-refractivity contribution in [2.45, 2.75) is 32.6 Å². The smallest absolute Gasteiger partial charge is 0.305 e. The summed E-state index contributed by atoms with van der Waals surface area (Å²) in [6.45, 7) is 2.61. The highest BCUT2D eigenvalue weighted by atomic mass is 35.5. The summed E-state index contributed by atoms with van der Waals surface area (Å²) in [4.78, 5) is 40.5. The molecule has 0 N–H and O–H groups in total. The molecule has 7 nitrogen and oxygen atoms in total. The molecule has 0 aliphatic carbocycles. The number of hydrogen-bond acceptors (Lipinski definition) is 5. The van der Waals surface area contributed by atoms with Gasteiger partial charge in [0.2, 0.25) is 0 Å². The van der Waals surface area contributed by atoms with Crippen LogP contribution in [0.3, 0.4) is 0 Å². The van der Waals surface area contributed by atoms with Crippen LogP contribution < -0.4 is 14.5 Å². The van der Waals surface area contributed by atoms with Gasteiger partial charge in [-0.1, -0.05) is 29.8 Å². The van der Waals surface area contributed by atoms with Crippen molar-refractivity contribution in [2.24, 2.45) is 0 Å². The molecule has 0 saturated heterocycles. The number of esters is 1. The van der Waals surface area contributed by atoms with Crippen LogP contribution in [-0.2, 0) is 9.53 Å². The Hall–Kier alpha value is -3.84. The Morgan fingerprint density at radius 3 is 2.13 bits per heavy atom. The predicted octanol–water partition coefficient (Wildman–Crippen LogP) is 6.40. The summed E-state index contributed by atoms with van der Waals surface area (Å²) in [5.74, 6) is -0.0439. The van der Waals surface area contributed by atoms with Gasteiger partial charge in [0.05, 0.1) is 18.9 Å². The first kappa shape index (κ1) is 28.7. The van der Waals surface area contributed by atoms with Gasteiger partial charge in [-0.2, -0.15) is 0 Å². The largest absolute Gasteiger partial charge is 0.491 e. The fourth-order valence-electron chi connectivity index (χ4n) is 3.87. The Balaban J connectivity index is 1.62. The van der Waals surface area contributed by atoms with E-state index >= 15 is 0 Å². The minimum absolute atomic E-state index is 0.134. The van der Waals surface area contributed by atoms with Gasteiger partial charge in [-0.3, -0.25) is 14.4 Å². The predicted molar refractivity (Wildman–Crippen MR) is 150 cm³/mol. The van der Waals surface area contributed by atoms with Crippen LogP contribution in [0.4, 0.5) is 11.4 Å². The Morgan fingerprint density at radius 1 is 0.789 bits per heavy atom. The second kappa shape index (κ2) is 14.2. The highest BCUT2D eigenvalue weighted by molar-refractivity contribution is 6.30. The zero-order valence-corrected chi connectivity index (χ0v) is 22.7. The average Bonchev–Trinajstić information content (AvgIpc) is 2.94. The zero-order chi connectivity index (χ0) is 27.5. The van der Waals surface area contributed by atoms with Crippen molar-refractivity contribution >= 4 is 40.8 Å². The number of carbonyl (C=O) groups is 3. The number of hydrogen-bond donors (Lipinski definition) is 0. The van der Waals surface area contributed by atoms with Gasteiger partial charge in [0.1, 0.15) is 5.75 Å². The second-order valence-corrected chi connectivity index (χ2v) is 9.15. The van der Waals surface area contributed by atoms with Gasteiger partial charge in [0.25, 0.3) is 11.8 Å². The molecule has 0 heterocycles. The van der Waals surface area contributed by atoms with Crippen LogP contribution in [0.15, 0.2) is 72.8 Å². The van der Waals surface area contributed by atoms with Crippen LogP contribution in [0.25, 0.3) is 0 Å². The minimum atomic E-state index is -0.227. The van der Waals surface area contributed by atoms with E-state index in [2.05, 4.69) is 0 Å². The lowest BCUT2D eigenvalue weighted by Crippen LogP contribution is -2.28. The summed E-state index contributed by atoms with van der Waals surface area (Å²) >= 11 is 6.20. The third kappa shape index (κ3) is 7.83. The van der Waals surface area contributed by atoms with E-state index in [1.165, 1.54) is 4.90 Å². The first-order chi connectivity index (χ1) is 18.3. The fourth-order valence-corrected chi connectivity index (χ4v) is 4.03. The van der Waals surface area contributed by atoms with E-state index in [0.717, 1.165) is 19.3 Å². The van der Waals surface area contributed by atoms with Crippen LogP contribution in [0, 0.1) is 0 Å². The van der Waals surface area contributed by atoms with Gasteiger partial charge >= 0.3 is 5.97 Å². The lowest BCUT2D eigenvalue weighted by molar-refractivity contribution is -0.143. The van der Waals surface area contributed by atoms with E-state index in [9.17, 15) is 14.4 Å². The van der Waals surface area contributed by atoms with Crippen LogP contribution >= 0.6 is 11.6 Å². The molecular formula is C30H33ClN2O5. The zero-order valence-electron chi connectivity index (χ0n) is 22.0. The van der Waals surface area contributed by atoms with E-state index < -0.39 is 0 Å². The van der Waals surface area contributed by atoms with Crippen molar-refractivity contribution in [3.63, 3.8) is 0 Å². The quantitative estimate of drug-likeness (QED) is 0.198. The molecule has 0 bridgehead atoms. The fraction of sp³-hybridized carbons (Fsp3) is 0.300. The molecule has 0 aromatic heterocycles. The topological polar surface area (TPSA) is 76.2 Å². The van der Waals surface area contributed by atoms with E-state index in [0.29, 0.717) is 52.9 Å². The summed E-state index contributed by atoms with van der Waals surface area (Å²) in [7, 11) is 3.38. The van der Waals surface area contributed by atoms with Gasteiger partial charge in [-0.05, 0) is 74.7 Å². The Bertz CT molecular complexity index is 1230. The maximum absolute atomic E-state index is 13.3. The normalized spacial score (nSPS) is 10.5. The van der Waals surface area contributed by atoms with Gasteiger partial charge in [-0.25, -0.2) is 0 Å². The van der Waals surface area contributed by atoms with Crippen molar-refractivity contribution < 1.29 is 23.9 Å². The van der Waals surface area contributed by atoms with Gasteiger partial charge in [0, 0.05) is 48.4 Å². The van der Waals surface area contributed by atoms with Gasteiger partial charge in [0.15, 0.2) is 0 Å². The molecule has 3 aromatic rings. The van der Waals surface area contributed by atoms with Crippen LogP contribution in [-0.4, -0.2) is 45.1 Å². The van der Waals surface area contributed by atoms with E-state index in [-0.39, 0.29) is 17.8 Å². The first-order valence-electron chi connectivity index (χ1n) is 12.6. The van der Waals surface area contributed by atoms with Crippen molar-refractivity contribution in [3.05, 3.63) is 88.9 Å². The number of nitrogens with zero attached hydrogens (tertiary/aromatic N) is 2. The van der Waals surface area contributed by atoms with E-state index in [1.54, 1.807) is 80.5 Å². The van der Waals surface area contributed by atoms with E-state index in [4.69, 9.17) is 21.1 Å². The number of halogens is 1. The summed E-state index contributed by atoms with van der Waals surface area (Å²) in [6.07, 6.45) is 2.68. The molecule has 0 fully saturated rings. The molecule has 2 amide bonds. The third-order valence-corrected chi connectivity index (χ3v) is 6.24. The maximum atomic E-state index is 13.3. The van der Waals surface area contributed by atoms with Crippen LogP contribution in [0.5, 0.6) is 5.75 Å². The number of carbonyl (C=O) groups excluding carboxylic acids is 3. The van der Waals surface area contributed by atoms with Crippen molar-refractivity contribution in [3.8, 4) is 5.75 Å². The number of unbranched alkanes of at least 4 members (excludes halogenated alkanes) is 2. The van der Waals surface area contributed by atoms with Crippen molar-refractivity contribution in [1.82, 2.24) is 0 Å². The van der Waals surface area contributed by atoms with Crippen molar-refractivity contribution in [2.75, 3.05) is 37.1 Å². The van der Waals surface area contributed by atoms with Gasteiger partial charge in [-0.15, -0.1) is 0 Å². The molecule has 0 radical (unpaired) electrons. The SMILES string of the molecule is CCOC(=O)CCCCCOc1cc(Cl)ccc1N(C)C(=O)c1ccc(N(C)C(=O)c2ccccc2)cc1. The summed E-state index contributed by atoms with van der Waals surface area (Å²) in [6, 6.07) is 21.1. The monoisotopic (exact) mass is 536 g/mol. The molecule has 8 heteroatoms. The molecule has 0 aliphatic heterocycles. The van der Waals surface area contributed by atoms with Crippen LogP contribution in [0.1, 0.15) is 53.3 Å². The Morgan fingerprint density at radius 2 is 1.45 bits per heavy atom.